The number of anilines is 1. The molecule has 0 fully saturated rings. The standard InChI is InChI=1S/C14H15NO2/c1-2-12(16)10-6-9-4-3-5-15-13(17)8-11(7-10)14(9)15/h6-7H,2-5,8H2,1H3. The highest BCUT2D eigenvalue weighted by molar-refractivity contribution is 6.05. The van der Waals surface area contributed by atoms with Gasteiger partial charge in [-0.05, 0) is 36.1 Å². The summed E-state index contributed by atoms with van der Waals surface area (Å²) in [5, 5.41) is 0. The van der Waals surface area contributed by atoms with Crippen molar-refractivity contribution >= 4 is 17.4 Å². The van der Waals surface area contributed by atoms with E-state index in [1.807, 2.05) is 24.0 Å². The summed E-state index contributed by atoms with van der Waals surface area (Å²) < 4.78 is 0. The number of carbonyl (C=O) groups excluding carboxylic acids is 2. The van der Waals surface area contributed by atoms with E-state index in [0.29, 0.717) is 12.8 Å². The van der Waals surface area contributed by atoms with Crippen LogP contribution >= 0.6 is 0 Å². The number of benzene rings is 1. The molecule has 0 aromatic heterocycles. The van der Waals surface area contributed by atoms with Crippen molar-refractivity contribution in [1.82, 2.24) is 0 Å². The highest BCUT2D eigenvalue weighted by Gasteiger charge is 2.32. The van der Waals surface area contributed by atoms with Crippen molar-refractivity contribution in [2.75, 3.05) is 11.4 Å². The molecular weight excluding hydrogens is 214 g/mol. The van der Waals surface area contributed by atoms with Crippen LogP contribution < -0.4 is 4.90 Å². The largest absolute Gasteiger partial charge is 0.312 e. The normalized spacial score (nSPS) is 17.2. The molecule has 0 bridgehead atoms. The van der Waals surface area contributed by atoms with Crippen molar-refractivity contribution in [3.05, 3.63) is 28.8 Å². The minimum absolute atomic E-state index is 0.167. The van der Waals surface area contributed by atoms with E-state index >= 15 is 0 Å². The van der Waals surface area contributed by atoms with Crippen molar-refractivity contribution in [3.8, 4) is 0 Å². The first-order chi connectivity index (χ1) is 8.20. The van der Waals surface area contributed by atoms with Gasteiger partial charge in [-0.15, -0.1) is 0 Å². The van der Waals surface area contributed by atoms with Gasteiger partial charge in [0.1, 0.15) is 0 Å². The van der Waals surface area contributed by atoms with Crippen LogP contribution in [0.3, 0.4) is 0 Å². The molecule has 2 aliphatic rings. The number of amides is 1. The van der Waals surface area contributed by atoms with E-state index in [2.05, 4.69) is 0 Å². The SMILES string of the molecule is CCC(=O)c1cc2c3c(c1)CC(=O)N3CCC2. The maximum absolute atomic E-state index is 11.8. The van der Waals surface area contributed by atoms with Crippen LogP contribution in [0.5, 0.6) is 0 Å². The third kappa shape index (κ3) is 1.49. The van der Waals surface area contributed by atoms with Gasteiger partial charge in [-0.1, -0.05) is 6.92 Å². The zero-order valence-corrected chi connectivity index (χ0v) is 9.95. The molecule has 2 heterocycles. The van der Waals surface area contributed by atoms with Crippen molar-refractivity contribution < 1.29 is 9.59 Å². The molecule has 1 aromatic rings. The minimum Gasteiger partial charge on any atom is -0.312 e. The number of hydrogen-bond acceptors (Lipinski definition) is 2. The topological polar surface area (TPSA) is 37.4 Å². The Morgan fingerprint density at radius 2 is 2.12 bits per heavy atom. The molecule has 3 heteroatoms. The molecule has 0 saturated carbocycles. The Labute approximate surface area is 100 Å². The van der Waals surface area contributed by atoms with Gasteiger partial charge in [0.05, 0.1) is 12.1 Å². The van der Waals surface area contributed by atoms with Crippen molar-refractivity contribution in [2.45, 2.75) is 32.6 Å². The monoisotopic (exact) mass is 229 g/mol. The Hall–Kier alpha value is -1.64. The lowest BCUT2D eigenvalue weighted by molar-refractivity contribution is -0.117. The lowest BCUT2D eigenvalue weighted by atomic mass is 9.95. The van der Waals surface area contributed by atoms with Crippen molar-refractivity contribution in [1.29, 1.82) is 0 Å². The van der Waals surface area contributed by atoms with Crippen LogP contribution in [0.15, 0.2) is 12.1 Å². The van der Waals surface area contributed by atoms with Crippen LogP contribution in [-0.4, -0.2) is 18.2 Å². The summed E-state index contributed by atoms with van der Waals surface area (Å²) in [5.41, 5.74) is 4.09. The number of rotatable bonds is 2. The quantitative estimate of drug-likeness (QED) is 0.728. The van der Waals surface area contributed by atoms with Gasteiger partial charge >= 0.3 is 0 Å². The molecular formula is C14H15NO2. The predicted molar refractivity (Wildman–Crippen MR) is 65.4 cm³/mol. The van der Waals surface area contributed by atoms with Gasteiger partial charge in [-0.2, -0.15) is 0 Å². The Balaban J connectivity index is 2.15. The summed E-state index contributed by atoms with van der Waals surface area (Å²) in [7, 11) is 0. The fraction of sp³-hybridized carbons (Fsp3) is 0.429. The van der Waals surface area contributed by atoms with Crippen LogP contribution in [0.2, 0.25) is 0 Å². The van der Waals surface area contributed by atoms with E-state index in [4.69, 9.17) is 0 Å². The van der Waals surface area contributed by atoms with Crippen molar-refractivity contribution in [2.24, 2.45) is 0 Å². The molecule has 1 amide bonds. The van der Waals surface area contributed by atoms with E-state index in [1.54, 1.807) is 0 Å². The Morgan fingerprint density at radius 3 is 2.88 bits per heavy atom. The lowest BCUT2D eigenvalue weighted by Crippen LogP contribution is -2.31. The molecule has 3 nitrogen and oxygen atoms in total. The first-order valence-corrected chi connectivity index (χ1v) is 6.20. The molecule has 0 atom stereocenters. The van der Waals surface area contributed by atoms with Gasteiger partial charge in [0.25, 0.3) is 0 Å². The van der Waals surface area contributed by atoms with Gasteiger partial charge in [-0.3, -0.25) is 9.59 Å². The summed E-state index contributed by atoms with van der Waals surface area (Å²) in [6.45, 7) is 2.71. The Morgan fingerprint density at radius 1 is 1.35 bits per heavy atom. The maximum atomic E-state index is 11.8. The summed E-state index contributed by atoms with van der Waals surface area (Å²) >= 11 is 0. The summed E-state index contributed by atoms with van der Waals surface area (Å²) in [4.78, 5) is 25.5. The highest BCUT2D eigenvalue weighted by Crippen LogP contribution is 2.37. The van der Waals surface area contributed by atoms with Crippen LogP contribution in [0.4, 0.5) is 5.69 Å². The summed E-state index contributed by atoms with van der Waals surface area (Å²) in [6.07, 6.45) is 2.97. The second kappa shape index (κ2) is 3.69. The van der Waals surface area contributed by atoms with Crippen LogP contribution in [-0.2, 0) is 17.6 Å². The molecule has 88 valence electrons. The number of nitrogens with zero attached hydrogens (tertiary/aromatic N) is 1. The number of Topliss-reactive ketones (excluding diaryl/α,β-unsaturated/α-hetero) is 1. The summed E-state index contributed by atoms with van der Waals surface area (Å²) in [5.74, 6) is 0.350. The number of ketones is 1. The molecule has 0 radical (unpaired) electrons. The fourth-order valence-electron chi connectivity index (χ4n) is 2.84. The molecule has 1 aromatic carbocycles. The van der Waals surface area contributed by atoms with Gasteiger partial charge in [0, 0.05) is 18.5 Å². The maximum Gasteiger partial charge on any atom is 0.231 e. The van der Waals surface area contributed by atoms with Crippen molar-refractivity contribution in [3.63, 3.8) is 0 Å². The first-order valence-electron chi connectivity index (χ1n) is 6.20. The zero-order chi connectivity index (χ0) is 12.0. The molecule has 0 saturated heterocycles. The lowest BCUT2D eigenvalue weighted by Gasteiger charge is -2.25. The second-order valence-corrected chi connectivity index (χ2v) is 4.75. The smallest absolute Gasteiger partial charge is 0.231 e. The third-order valence-corrected chi connectivity index (χ3v) is 3.65. The van der Waals surface area contributed by atoms with Crippen LogP contribution in [0, 0.1) is 0 Å². The molecule has 0 aliphatic carbocycles. The molecule has 0 spiro atoms. The average Bonchev–Trinajstić information content (AvgIpc) is 2.67. The van der Waals surface area contributed by atoms with E-state index in [-0.39, 0.29) is 11.7 Å². The third-order valence-electron chi connectivity index (χ3n) is 3.65. The first kappa shape index (κ1) is 10.5. The Kier molecular flexibility index (Phi) is 2.28. The second-order valence-electron chi connectivity index (χ2n) is 4.75. The molecule has 0 N–H and O–H groups in total. The fourth-order valence-corrected chi connectivity index (χ4v) is 2.84. The average molecular weight is 229 g/mol. The van der Waals surface area contributed by atoms with E-state index < -0.39 is 0 Å². The zero-order valence-electron chi connectivity index (χ0n) is 9.95. The number of carbonyl (C=O) groups is 2. The van der Waals surface area contributed by atoms with Crippen LogP contribution in [0.25, 0.3) is 0 Å². The minimum atomic E-state index is 0.167. The number of aryl methyl sites for hydroxylation is 1. The van der Waals surface area contributed by atoms with Crippen LogP contribution in [0.1, 0.15) is 41.3 Å². The van der Waals surface area contributed by atoms with E-state index in [1.165, 1.54) is 5.56 Å². The molecule has 17 heavy (non-hydrogen) atoms. The van der Waals surface area contributed by atoms with Gasteiger partial charge in [0.2, 0.25) is 5.91 Å². The molecule has 0 unspecified atom stereocenters. The van der Waals surface area contributed by atoms with Gasteiger partial charge in [0.15, 0.2) is 5.78 Å². The highest BCUT2D eigenvalue weighted by atomic mass is 16.2. The molecule has 3 rings (SSSR count). The van der Waals surface area contributed by atoms with Gasteiger partial charge in [-0.25, -0.2) is 0 Å². The number of hydrogen-bond donors (Lipinski definition) is 0. The molecule has 2 aliphatic heterocycles. The van der Waals surface area contributed by atoms with Gasteiger partial charge < -0.3 is 4.90 Å². The summed E-state index contributed by atoms with van der Waals surface area (Å²) in [6, 6.07) is 3.89. The predicted octanol–water partition coefficient (Wildman–Crippen LogP) is 2.11. The van der Waals surface area contributed by atoms with E-state index in [9.17, 15) is 9.59 Å². The Bertz CT molecular complexity index is 519. The van der Waals surface area contributed by atoms with E-state index in [0.717, 1.165) is 36.2 Å².